The van der Waals surface area contributed by atoms with E-state index in [-0.39, 0.29) is 16.9 Å². The first-order valence-corrected chi connectivity index (χ1v) is 10.4. The number of carbonyl (C=O) groups excluding carboxylic acids is 1. The molecule has 1 saturated heterocycles. The van der Waals surface area contributed by atoms with E-state index in [2.05, 4.69) is 16.0 Å². The van der Waals surface area contributed by atoms with Gasteiger partial charge in [-0.15, -0.1) is 0 Å². The Labute approximate surface area is 185 Å². The van der Waals surface area contributed by atoms with Gasteiger partial charge >= 0.3 is 0 Å². The largest absolute Gasteiger partial charge is 0.339 e. The molecular weight excluding hydrogens is 410 g/mol. The van der Waals surface area contributed by atoms with E-state index in [1.54, 1.807) is 6.07 Å². The van der Waals surface area contributed by atoms with Gasteiger partial charge in [-0.1, -0.05) is 29.8 Å². The Hall–Kier alpha value is -3.61. The summed E-state index contributed by atoms with van der Waals surface area (Å²) >= 11 is 6.22. The molecule has 0 unspecified atom stereocenters. The Morgan fingerprint density at radius 1 is 1.13 bits per heavy atom. The van der Waals surface area contributed by atoms with Gasteiger partial charge < -0.3 is 9.88 Å². The van der Waals surface area contributed by atoms with Crippen LogP contribution in [0.25, 0.3) is 11.3 Å². The molecule has 2 aromatic carbocycles. The van der Waals surface area contributed by atoms with Gasteiger partial charge in [0, 0.05) is 24.2 Å². The predicted molar refractivity (Wildman–Crippen MR) is 118 cm³/mol. The first kappa shape index (κ1) is 20.7. The van der Waals surface area contributed by atoms with E-state index in [4.69, 9.17) is 22.1 Å². The number of nitrogens with zero attached hydrogens (tertiary/aromatic N) is 4. The topological polar surface area (TPSA) is 96.6 Å². The lowest BCUT2D eigenvalue weighted by molar-refractivity contribution is 0.0713. The molecule has 1 aliphatic rings. The lowest BCUT2D eigenvalue weighted by atomic mass is 9.88. The van der Waals surface area contributed by atoms with Crippen molar-refractivity contribution in [3.8, 4) is 23.4 Å². The molecule has 3 aromatic rings. The highest BCUT2D eigenvalue weighted by molar-refractivity contribution is 6.32. The number of amides is 1. The molecule has 7 heteroatoms. The fraction of sp³-hybridized carbons (Fsp3) is 0.250. The molecule has 4 rings (SSSR count). The lowest BCUT2D eigenvalue weighted by Gasteiger charge is -2.32. The third kappa shape index (κ3) is 4.17. The van der Waals surface area contributed by atoms with Gasteiger partial charge in [-0.25, -0.2) is 4.98 Å². The van der Waals surface area contributed by atoms with Gasteiger partial charge in [-0.05, 0) is 61.1 Å². The number of hydrogen-bond donors (Lipinski definition) is 1. The van der Waals surface area contributed by atoms with Crippen LogP contribution in [0.4, 0.5) is 0 Å². The van der Waals surface area contributed by atoms with Crippen LogP contribution < -0.4 is 0 Å². The Morgan fingerprint density at radius 3 is 2.45 bits per heavy atom. The molecule has 1 aliphatic heterocycles. The predicted octanol–water partition coefficient (Wildman–Crippen LogP) is 4.80. The number of halogens is 1. The average Bonchev–Trinajstić information content (AvgIpc) is 3.19. The number of aromatic amines is 1. The number of imidazole rings is 1. The van der Waals surface area contributed by atoms with Crippen LogP contribution >= 0.6 is 11.6 Å². The Kier molecular flexibility index (Phi) is 5.75. The van der Waals surface area contributed by atoms with Crippen molar-refractivity contribution in [2.24, 2.45) is 0 Å². The zero-order valence-corrected chi connectivity index (χ0v) is 17.8. The minimum Gasteiger partial charge on any atom is -0.339 e. The maximum atomic E-state index is 13.1. The van der Waals surface area contributed by atoms with Crippen molar-refractivity contribution in [1.29, 1.82) is 10.5 Å². The molecule has 0 radical (unpaired) electrons. The molecule has 0 aliphatic carbocycles. The number of carbonyl (C=O) groups is 1. The summed E-state index contributed by atoms with van der Waals surface area (Å²) in [7, 11) is 0. The first-order valence-electron chi connectivity index (χ1n) is 10.1. The normalized spacial score (nSPS) is 14.1. The van der Waals surface area contributed by atoms with E-state index in [9.17, 15) is 4.79 Å². The van der Waals surface area contributed by atoms with Crippen molar-refractivity contribution >= 4 is 17.5 Å². The minimum absolute atomic E-state index is 0.0216. The monoisotopic (exact) mass is 429 g/mol. The highest BCUT2D eigenvalue weighted by Crippen LogP contribution is 2.31. The fourth-order valence-electron chi connectivity index (χ4n) is 4.02. The minimum atomic E-state index is -0.0216. The summed E-state index contributed by atoms with van der Waals surface area (Å²) in [6, 6.07) is 17.3. The molecule has 0 saturated carbocycles. The van der Waals surface area contributed by atoms with Crippen LogP contribution in [-0.2, 0) is 0 Å². The quantitative estimate of drug-likeness (QED) is 0.646. The van der Waals surface area contributed by atoms with Crippen molar-refractivity contribution in [2.75, 3.05) is 13.1 Å². The number of piperidine rings is 1. The van der Waals surface area contributed by atoms with E-state index in [0.29, 0.717) is 35.8 Å². The van der Waals surface area contributed by atoms with E-state index < -0.39 is 0 Å². The standard InChI is InChI=1S/C24H20ClN5O/c1-15-2-5-19(12-20(15)22-23(25)29-21(14-27)28-22)24(31)30-10-8-18(9-11-30)17-6-3-16(13-26)4-7-17/h2-7,12,18H,8-11H2,1H3,(H,28,29). The molecule has 1 aromatic heterocycles. The molecule has 154 valence electrons. The smallest absolute Gasteiger partial charge is 0.253 e. The Morgan fingerprint density at radius 2 is 1.84 bits per heavy atom. The first-order chi connectivity index (χ1) is 15.0. The number of nitriles is 2. The maximum Gasteiger partial charge on any atom is 0.253 e. The summed E-state index contributed by atoms with van der Waals surface area (Å²) in [6.45, 7) is 3.27. The van der Waals surface area contributed by atoms with Gasteiger partial charge in [-0.2, -0.15) is 10.5 Å². The molecule has 0 bridgehead atoms. The van der Waals surface area contributed by atoms with Crippen molar-refractivity contribution in [2.45, 2.75) is 25.7 Å². The second-order valence-corrected chi connectivity index (χ2v) is 8.07. The molecule has 0 spiro atoms. The second-order valence-electron chi connectivity index (χ2n) is 7.69. The molecule has 1 amide bonds. The fourth-order valence-corrected chi connectivity index (χ4v) is 4.26. The number of hydrogen-bond acceptors (Lipinski definition) is 4. The number of nitrogens with one attached hydrogen (secondary N) is 1. The number of aryl methyl sites for hydroxylation is 1. The summed E-state index contributed by atoms with van der Waals surface area (Å²) in [4.78, 5) is 22.0. The van der Waals surface area contributed by atoms with Gasteiger partial charge in [0.1, 0.15) is 16.9 Å². The van der Waals surface area contributed by atoms with Crippen LogP contribution in [-0.4, -0.2) is 33.9 Å². The van der Waals surface area contributed by atoms with Gasteiger partial charge in [0.25, 0.3) is 5.91 Å². The number of aromatic nitrogens is 2. The van der Waals surface area contributed by atoms with Crippen LogP contribution in [0.3, 0.4) is 0 Å². The molecular formula is C24H20ClN5O. The second kappa shape index (κ2) is 8.63. The Balaban J connectivity index is 1.49. The van der Waals surface area contributed by atoms with Gasteiger partial charge in [-0.3, -0.25) is 4.79 Å². The number of rotatable bonds is 3. The summed E-state index contributed by atoms with van der Waals surface area (Å²) in [5.41, 5.74) is 4.59. The SMILES string of the molecule is Cc1ccc(C(=O)N2CCC(c3ccc(C#N)cc3)CC2)cc1-c1nc(C#N)[nH]c1Cl. The van der Waals surface area contributed by atoms with Crippen LogP contribution in [0.2, 0.25) is 5.15 Å². The highest BCUT2D eigenvalue weighted by Gasteiger charge is 2.25. The average molecular weight is 430 g/mol. The van der Waals surface area contributed by atoms with Gasteiger partial charge in [0.05, 0.1) is 11.6 Å². The van der Waals surface area contributed by atoms with Gasteiger partial charge in [0.15, 0.2) is 0 Å². The van der Waals surface area contributed by atoms with E-state index in [1.807, 2.05) is 54.3 Å². The molecule has 2 heterocycles. The lowest BCUT2D eigenvalue weighted by Crippen LogP contribution is -2.37. The van der Waals surface area contributed by atoms with Crippen LogP contribution in [0.1, 0.15) is 51.6 Å². The summed E-state index contributed by atoms with van der Waals surface area (Å²) < 4.78 is 0. The highest BCUT2D eigenvalue weighted by atomic mass is 35.5. The molecule has 0 atom stereocenters. The van der Waals surface area contributed by atoms with E-state index >= 15 is 0 Å². The summed E-state index contributed by atoms with van der Waals surface area (Å²) in [5.74, 6) is 0.505. The van der Waals surface area contributed by atoms with Crippen LogP contribution in [0, 0.1) is 29.6 Å². The zero-order chi connectivity index (χ0) is 22.0. The number of benzene rings is 2. The molecule has 31 heavy (non-hydrogen) atoms. The molecule has 6 nitrogen and oxygen atoms in total. The van der Waals surface area contributed by atoms with E-state index in [0.717, 1.165) is 24.0 Å². The number of H-pyrrole nitrogens is 1. The summed E-state index contributed by atoms with van der Waals surface area (Å²) in [6.07, 6.45) is 1.76. The third-order valence-electron chi connectivity index (χ3n) is 5.80. The Bertz CT molecular complexity index is 1210. The van der Waals surface area contributed by atoms with Gasteiger partial charge in [0.2, 0.25) is 5.82 Å². The van der Waals surface area contributed by atoms with Crippen molar-refractivity contribution in [1.82, 2.24) is 14.9 Å². The van der Waals surface area contributed by atoms with Crippen LogP contribution in [0.5, 0.6) is 0 Å². The zero-order valence-electron chi connectivity index (χ0n) is 17.0. The van der Waals surface area contributed by atoms with E-state index in [1.165, 1.54) is 5.56 Å². The van der Waals surface area contributed by atoms with Crippen LogP contribution in [0.15, 0.2) is 42.5 Å². The molecule has 1 fully saturated rings. The van der Waals surface area contributed by atoms with Crippen molar-refractivity contribution in [3.63, 3.8) is 0 Å². The van der Waals surface area contributed by atoms with Crippen molar-refractivity contribution in [3.05, 3.63) is 75.7 Å². The maximum absolute atomic E-state index is 13.1. The summed E-state index contributed by atoms with van der Waals surface area (Å²) in [5, 5.41) is 18.3. The van der Waals surface area contributed by atoms with Crippen molar-refractivity contribution < 1.29 is 4.79 Å². The number of likely N-dealkylation sites (tertiary alicyclic amines) is 1. The third-order valence-corrected chi connectivity index (χ3v) is 6.07. The molecule has 1 N–H and O–H groups in total.